The highest BCUT2D eigenvalue weighted by Crippen LogP contribution is 2.27. The van der Waals surface area contributed by atoms with Gasteiger partial charge in [-0.1, -0.05) is 15.9 Å². The van der Waals surface area contributed by atoms with Crippen LogP contribution < -0.4 is 0 Å². The maximum Gasteiger partial charge on any atom is 0.339 e. The van der Waals surface area contributed by atoms with Gasteiger partial charge in [-0.05, 0) is 18.2 Å². The van der Waals surface area contributed by atoms with E-state index in [1.165, 1.54) is 12.3 Å². The van der Waals surface area contributed by atoms with Crippen molar-refractivity contribution in [2.75, 3.05) is 0 Å². The molecule has 0 aliphatic rings. The van der Waals surface area contributed by atoms with Crippen LogP contribution in [0.1, 0.15) is 10.4 Å². The minimum absolute atomic E-state index is 0.184. The zero-order valence-corrected chi connectivity index (χ0v) is 8.04. The Hall–Kier alpha value is -1.29. The molecule has 0 bridgehead atoms. The van der Waals surface area contributed by atoms with Gasteiger partial charge in [0.15, 0.2) is 0 Å². The third kappa shape index (κ3) is 1.23. The van der Waals surface area contributed by atoms with Gasteiger partial charge in [-0.3, -0.25) is 0 Å². The molecule has 0 aliphatic carbocycles. The van der Waals surface area contributed by atoms with Crippen LogP contribution in [0.2, 0.25) is 0 Å². The van der Waals surface area contributed by atoms with Gasteiger partial charge in [-0.15, -0.1) is 0 Å². The largest absolute Gasteiger partial charge is 0.478 e. The predicted molar refractivity (Wildman–Crippen MR) is 50.9 cm³/mol. The van der Waals surface area contributed by atoms with Crippen LogP contribution in [-0.2, 0) is 0 Å². The molecule has 0 fully saturated rings. The van der Waals surface area contributed by atoms with Crippen molar-refractivity contribution in [2.24, 2.45) is 0 Å². The Bertz CT molecular complexity index is 473. The number of carboxylic acid groups (broad SMARTS) is 1. The Balaban J connectivity index is 2.86. The van der Waals surface area contributed by atoms with E-state index in [-0.39, 0.29) is 5.56 Å². The number of furan rings is 1. The summed E-state index contributed by atoms with van der Waals surface area (Å²) in [7, 11) is 0. The van der Waals surface area contributed by atoms with Crippen molar-refractivity contribution in [1.29, 1.82) is 0 Å². The van der Waals surface area contributed by atoms with Crippen LogP contribution in [0.4, 0.5) is 0 Å². The molecule has 1 N–H and O–H groups in total. The predicted octanol–water partition coefficient (Wildman–Crippen LogP) is 2.89. The van der Waals surface area contributed by atoms with Crippen molar-refractivity contribution in [2.45, 2.75) is 0 Å². The molecule has 0 radical (unpaired) electrons. The Morgan fingerprint density at radius 2 is 2.15 bits per heavy atom. The third-order valence-corrected chi connectivity index (χ3v) is 2.49. The molecule has 1 aromatic heterocycles. The lowest BCUT2D eigenvalue weighted by molar-refractivity contribution is 0.0698. The number of benzene rings is 1. The summed E-state index contributed by atoms with van der Waals surface area (Å²) in [5.74, 6) is -0.979. The first-order valence-electron chi connectivity index (χ1n) is 3.59. The number of carboxylic acids is 1. The molecule has 3 nitrogen and oxygen atoms in total. The Morgan fingerprint density at radius 3 is 2.85 bits per heavy atom. The molecule has 1 aromatic carbocycles. The van der Waals surface area contributed by atoms with Crippen LogP contribution in [0.3, 0.4) is 0 Å². The highest BCUT2D eigenvalue weighted by Gasteiger charge is 2.12. The van der Waals surface area contributed by atoms with Crippen LogP contribution in [0.15, 0.2) is 33.4 Å². The second kappa shape index (κ2) is 2.88. The van der Waals surface area contributed by atoms with Crippen LogP contribution >= 0.6 is 15.9 Å². The topological polar surface area (TPSA) is 50.4 Å². The van der Waals surface area contributed by atoms with E-state index in [4.69, 9.17) is 9.52 Å². The number of hydrogen-bond acceptors (Lipinski definition) is 2. The highest BCUT2D eigenvalue weighted by molar-refractivity contribution is 9.10. The quantitative estimate of drug-likeness (QED) is 0.834. The van der Waals surface area contributed by atoms with Crippen molar-refractivity contribution in [3.05, 3.63) is 34.5 Å². The van der Waals surface area contributed by atoms with Gasteiger partial charge in [0.25, 0.3) is 0 Å². The van der Waals surface area contributed by atoms with Crippen molar-refractivity contribution in [1.82, 2.24) is 0 Å². The van der Waals surface area contributed by atoms with E-state index < -0.39 is 5.97 Å². The van der Waals surface area contributed by atoms with E-state index in [9.17, 15) is 4.79 Å². The van der Waals surface area contributed by atoms with Crippen LogP contribution in [-0.4, -0.2) is 11.1 Å². The zero-order valence-electron chi connectivity index (χ0n) is 6.45. The number of fused-ring (bicyclic) bond motifs is 1. The summed E-state index contributed by atoms with van der Waals surface area (Å²) in [6.45, 7) is 0. The summed E-state index contributed by atoms with van der Waals surface area (Å²) < 4.78 is 5.91. The first kappa shape index (κ1) is 8.31. The van der Waals surface area contributed by atoms with Crippen molar-refractivity contribution < 1.29 is 14.3 Å². The summed E-state index contributed by atoms with van der Waals surface area (Å²) in [6.07, 6.45) is 1.47. The number of rotatable bonds is 1. The molecule has 2 aromatic rings. The molecule has 4 heteroatoms. The molecule has 1 heterocycles. The molecule has 0 spiro atoms. The van der Waals surface area contributed by atoms with Gasteiger partial charge in [0.2, 0.25) is 0 Å². The van der Waals surface area contributed by atoms with Crippen LogP contribution in [0.25, 0.3) is 11.0 Å². The normalized spacial score (nSPS) is 10.5. The van der Waals surface area contributed by atoms with Gasteiger partial charge < -0.3 is 9.52 Å². The van der Waals surface area contributed by atoms with Gasteiger partial charge in [0.05, 0.1) is 6.26 Å². The van der Waals surface area contributed by atoms with Crippen molar-refractivity contribution in [3.8, 4) is 0 Å². The standard InChI is InChI=1S/C9H5BrO3/c10-7-2-1-6(9(11)12)8-5(7)3-4-13-8/h1-4H,(H,11,12). The average molecular weight is 241 g/mol. The van der Waals surface area contributed by atoms with Gasteiger partial charge in [-0.2, -0.15) is 0 Å². The number of hydrogen-bond donors (Lipinski definition) is 1. The lowest BCUT2D eigenvalue weighted by atomic mass is 10.1. The SMILES string of the molecule is O=C(O)c1ccc(Br)c2ccoc12. The second-order valence-corrected chi connectivity index (χ2v) is 3.42. The lowest BCUT2D eigenvalue weighted by Crippen LogP contribution is -1.95. The first-order valence-corrected chi connectivity index (χ1v) is 4.38. The number of halogens is 1. The monoisotopic (exact) mass is 240 g/mol. The molecular weight excluding hydrogens is 236 g/mol. The minimum atomic E-state index is -0.979. The molecule has 0 saturated heterocycles. The van der Waals surface area contributed by atoms with Crippen molar-refractivity contribution >= 4 is 32.9 Å². The smallest absolute Gasteiger partial charge is 0.339 e. The average Bonchev–Trinajstić information content (AvgIpc) is 2.53. The van der Waals surface area contributed by atoms with E-state index in [0.29, 0.717) is 5.58 Å². The summed E-state index contributed by atoms with van der Waals surface area (Å²) >= 11 is 3.31. The summed E-state index contributed by atoms with van der Waals surface area (Å²) in [4.78, 5) is 10.7. The Kier molecular flexibility index (Phi) is 1.84. The summed E-state index contributed by atoms with van der Waals surface area (Å²) in [5.41, 5.74) is 0.588. The van der Waals surface area contributed by atoms with E-state index in [2.05, 4.69) is 15.9 Å². The van der Waals surface area contributed by atoms with E-state index >= 15 is 0 Å². The van der Waals surface area contributed by atoms with Crippen LogP contribution in [0.5, 0.6) is 0 Å². The molecule has 0 atom stereocenters. The van der Waals surface area contributed by atoms with Gasteiger partial charge in [0, 0.05) is 9.86 Å². The van der Waals surface area contributed by atoms with Crippen molar-refractivity contribution in [3.63, 3.8) is 0 Å². The maximum atomic E-state index is 10.7. The highest BCUT2D eigenvalue weighted by atomic mass is 79.9. The fourth-order valence-corrected chi connectivity index (χ4v) is 1.64. The van der Waals surface area contributed by atoms with E-state index in [1.807, 2.05) is 0 Å². The fourth-order valence-electron chi connectivity index (χ4n) is 1.20. The third-order valence-electron chi connectivity index (χ3n) is 1.79. The lowest BCUT2D eigenvalue weighted by Gasteiger charge is -1.97. The van der Waals surface area contributed by atoms with Crippen LogP contribution in [0, 0.1) is 0 Å². The summed E-state index contributed by atoms with van der Waals surface area (Å²) in [6, 6.07) is 4.94. The Morgan fingerprint density at radius 1 is 1.38 bits per heavy atom. The Labute approximate surface area is 82.1 Å². The first-order chi connectivity index (χ1) is 6.20. The molecule has 0 saturated carbocycles. The van der Waals surface area contributed by atoms with E-state index in [1.54, 1.807) is 12.1 Å². The minimum Gasteiger partial charge on any atom is -0.478 e. The number of aromatic carboxylic acids is 1. The molecule has 0 aliphatic heterocycles. The molecule has 13 heavy (non-hydrogen) atoms. The fraction of sp³-hybridized carbons (Fsp3) is 0. The molecule has 66 valence electrons. The summed E-state index contributed by atoms with van der Waals surface area (Å²) in [5, 5.41) is 9.59. The molecule has 0 amide bonds. The van der Waals surface area contributed by atoms with E-state index in [0.717, 1.165) is 9.86 Å². The van der Waals surface area contributed by atoms with Gasteiger partial charge >= 0.3 is 5.97 Å². The van der Waals surface area contributed by atoms with Gasteiger partial charge in [-0.25, -0.2) is 4.79 Å². The molecular formula is C9H5BrO3. The second-order valence-electron chi connectivity index (χ2n) is 2.56. The molecule has 2 rings (SSSR count). The maximum absolute atomic E-state index is 10.7. The zero-order chi connectivity index (χ0) is 9.42. The molecule has 0 unspecified atom stereocenters. The van der Waals surface area contributed by atoms with Gasteiger partial charge in [0.1, 0.15) is 11.1 Å². The number of carbonyl (C=O) groups is 1.